The minimum Gasteiger partial charge on any atom is -0.507 e. The van der Waals surface area contributed by atoms with Gasteiger partial charge in [-0.2, -0.15) is 0 Å². The van der Waals surface area contributed by atoms with Gasteiger partial charge in [-0.3, -0.25) is 19.3 Å². The van der Waals surface area contributed by atoms with Crippen LogP contribution in [0.15, 0.2) is 42.5 Å². The number of nitrogens with zero attached hydrogens (tertiary/aromatic N) is 2. The van der Waals surface area contributed by atoms with Gasteiger partial charge in [0.15, 0.2) is 35.4 Å². The number of esters is 1. The summed E-state index contributed by atoms with van der Waals surface area (Å²) in [4.78, 5) is 41.6. The van der Waals surface area contributed by atoms with Crippen molar-refractivity contribution in [2.24, 2.45) is 0 Å². The second kappa shape index (κ2) is 14.5. The predicted molar refractivity (Wildman–Crippen MR) is 168 cm³/mol. The number of hydrogen-bond donors (Lipinski definition) is 1. The van der Waals surface area contributed by atoms with E-state index in [2.05, 4.69) is 4.90 Å². The van der Waals surface area contributed by atoms with Gasteiger partial charge in [0.05, 0.1) is 34.9 Å². The highest BCUT2D eigenvalue weighted by molar-refractivity contribution is 6.02. The molecule has 1 N–H and O–H groups in total. The third kappa shape index (κ3) is 7.30. The first-order chi connectivity index (χ1) is 22.6. The summed E-state index contributed by atoms with van der Waals surface area (Å²) in [6.07, 6.45) is -0.766. The Hall–Kier alpha value is -5.17. The van der Waals surface area contributed by atoms with Gasteiger partial charge in [0.2, 0.25) is 5.75 Å². The van der Waals surface area contributed by atoms with Crippen molar-refractivity contribution >= 4 is 17.7 Å². The second-order valence-corrected chi connectivity index (χ2v) is 11.0. The fraction of sp³-hybridized carbons (Fsp3) is 0.382. The Bertz CT molecular complexity index is 1650. The number of hydrogen-bond acceptors (Lipinski definition) is 12. The van der Waals surface area contributed by atoms with E-state index in [1.54, 1.807) is 44.4 Å². The number of phenolic OH excluding ortho intramolecular Hbond substituents is 1. The predicted octanol–water partition coefficient (Wildman–Crippen LogP) is 3.78. The number of methoxy groups -OCH3 is 4. The number of phenols is 1. The van der Waals surface area contributed by atoms with E-state index < -0.39 is 12.1 Å². The second-order valence-electron chi connectivity index (χ2n) is 11.0. The number of fused-ring (bicyclic) bond motifs is 1. The molecule has 3 aromatic rings. The number of carbonyl (C=O) groups excluding carboxylic acids is 3. The topological polar surface area (TPSA) is 143 Å². The summed E-state index contributed by atoms with van der Waals surface area (Å²) in [5.41, 5.74) is 1.56. The van der Waals surface area contributed by atoms with Gasteiger partial charge in [0, 0.05) is 57.3 Å². The summed E-state index contributed by atoms with van der Waals surface area (Å²) in [7, 11) is 6.18. The molecule has 0 aromatic heterocycles. The lowest BCUT2D eigenvalue weighted by Crippen LogP contribution is -2.49. The summed E-state index contributed by atoms with van der Waals surface area (Å²) < 4.78 is 38.9. The Morgan fingerprint density at radius 1 is 0.872 bits per heavy atom. The molecule has 0 spiro atoms. The van der Waals surface area contributed by atoms with Crippen LogP contribution >= 0.6 is 0 Å². The van der Waals surface area contributed by atoms with Gasteiger partial charge in [0.25, 0.3) is 5.91 Å². The van der Waals surface area contributed by atoms with E-state index in [0.29, 0.717) is 61.3 Å². The van der Waals surface area contributed by atoms with Gasteiger partial charge < -0.3 is 43.2 Å². The van der Waals surface area contributed by atoms with E-state index in [4.69, 9.17) is 33.2 Å². The Morgan fingerprint density at radius 3 is 2.23 bits per heavy atom. The van der Waals surface area contributed by atoms with E-state index in [1.807, 2.05) is 12.1 Å². The van der Waals surface area contributed by atoms with Crippen molar-refractivity contribution in [3.8, 4) is 46.0 Å². The van der Waals surface area contributed by atoms with Gasteiger partial charge in [-0.25, -0.2) is 0 Å². The number of aromatic hydroxyl groups is 1. The van der Waals surface area contributed by atoms with Crippen molar-refractivity contribution in [1.82, 2.24) is 9.80 Å². The fourth-order valence-electron chi connectivity index (χ4n) is 5.73. The Morgan fingerprint density at radius 2 is 1.57 bits per heavy atom. The summed E-state index contributed by atoms with van der Waals surface area (Å²) in [5, 5.41) is 10.7. The minimum atomic E-state index is -0.721. The van der Waals surface area contributed by atoms with Gasteiger partial charge in [-0.15, -0.1) is 0 Å². The lowest BCUT2D eigenvalue weighted by molar-refractivity contribution is -0.135. The molecule has 1 saturated heterocycles. The number of rotatable bonds is 11. The maximum atomic E-state index is 13.1. The van der Waals surface area contributed by atoms with Crippen LogP contribution in [0, 0.1) is 0 Å². The molecule has 2 heterocycles. The highest BCUT2D eigenvalue weighted by Crippen LogP contribution is 2.43. The SMILES string of the molecule is COc1ccc(C2CC(=O)c3c(O)cc(OCC(=O)N4CCN(Cc5ccc(OC)c(OC)c5OC)CC4)cc3O2)cc1OC(C)=O. The molecule has 1 amide bonds. The molecule has 1 fully saturated rings. The minimum absolute atomic E-state index is 0.0379. The Labute approximate surface area is 272 Å². The number of Topliss-reactive ketones (excluding diaryl/α,β-unsaturated/α-hetero) is 1. The number of ketones is 1. The molecule has 1 atom stereocenters. The molecule has 2 aliphatic heterocycles. The average molecular weight is 651 g/mol. The van der Waals surface area contributed by atoms with Crippen LogP contribution < -0.4 is 33.2 Å². The van der Waals surface area contributed by atoms with E-state index in [-0.39, 0.29) is 53.3 Å². The molecule has 1 unspecified atom stereocenters. The van der Waals surface area contributed by atoms with Crippen molar-refractivity contribution in [3.63, 3.8) is 0 Å². The standard InChI is InChI=1S/C34H38N2O11/c1-20(37)46-29-14-21(6-8-26(29)41-2)28-17-25(39)32-24(38)15-23(16-30(32)47-28)45-19-31(40)36-12-10-35(11-13-36)18-22-7-9-27(42-3)34(44-5)33(22)43-4/h6-9,14-16,28,38H,10-13,17-19H2,1-5H3. The average Bonchev–Trinajstić information content (AvgIpc) is 3.06. The first-order valence-corrected chi connectivity index (χ1v) is 15.0. The zero-order chi connectivity index (χ0) is 33.7. The van der Waals surface area contributed by atoms with E-state index in [1.165, 1.54) is 26.2 Å². The molecule has 47 heavy (non-hydrogen) atoms. The molecule has 0 aliphatic carbocycles. The molecule has 0 bridgehead atoms. The van der Waals surface area contributed by atoms with E-state index in [0.717, 1.165) is 5.56 Å². The van der Waals surface area contributed by atoms with Crippen LogP contribution in [0.3, 0.4) is 0 Å². The summed E-state index contributed by atoms with van der Waals surface area (Å²) in [6, 6.07) is 11.5. The molecule has 13 heteroatoms. The maximum Gasteiger partial charge on any atom is 0.308 e. The number of benzene rings is 3. The van der Waals surface area contributed by atoms with Crippen LogP contribution in [0.1, 0.15) is 40.9 Å². The van der Waals surface area contributed by atoms with Crippen molar-refractivity contribution in [2.45, 2.75) is 26.0 Å². The van der Waals surface area contributed by atoms with Gasteiger partial charge in [0.1, 0.15) is 28.9 Å². The van der Waals surface area contributed by atoms with Gasteiger partial charge >= 0.3 is 5.97 Å². The normalized spacial score (nSPS) is 16.1. The summed E-state index contributed by atoms with van der Waals surface area (Å²) >= 11 is 0. The van der Waals surface area contributed by atoms with Gasteiger partial charge in [-0.05, 0) is 23.8 Å². The number of piperazine rings is 1. The van der Waals surface area contributed by atoms with Crippen LogP contribution in [-0.4, -0.2) is 93.8 Å². The fourth-order valence-corrected chi connectivity index (χ4v) is 5.73. The van der Waals surface area contributed by atoms with Crippen molar-refractivity contribution < 1.29 is 52.6 Å². The van der Waals surface area contributed by atoms with Crippen LogP contribution in [0.2, 0.25) is 0 Å². The zero-order valence-electron chi connectivity index (χ0n) is 27.0. The summed E-state index contributed by atoms with van der Waals surface area (Å²) in [6.45, 7) is 3.92. The van der Waals surface area contributed by atoms with E-state index >= 15 is 0 Å². The molecular formula is C34H38N2O11. The van der Waals surface area contributed by atoms with E-state index in [9.17, 15) is 19.5 Å². The number of carbonyl (C=O) groups is 3. The first-order valence-electron chi connectivity index (χ1n) is 15.0. The molecule has 3 aromatic carbocycles. The smallest absolute Gasteiger partial charge is 0.308 e. The lowest BCUT2D eigenvalue weighted by atomic mass is 9.95. The number of ether oxygens (including phenoxy) is 7. The highest BCUT2D eigenvalue weighted by Gasteiger charge is 2.32. The highest BCUT2D eigenvalue weighted by atomic mass is 16.6. The molecule has 0 saturated carbocycles. The first kappa shape index (κ1) is 33.2. The van der Waals surface area contributed by atoms with Crippen molar-refractivity contribution in [2.75, 3.05) is 61.2 Å². The molecule has 250 valence electrons. The van der Waals surface area contributed by atoms with Crippen LogP contribution in [0.5, 0.6) is 46.0 Å². The number of amides is 1. The Balaban J connectivity index is 1.20. The molecule has 5 rings (SSSR count). The summed E-state index contributed by atoms with van der Waals surface area (Å²) in [5.74, 6) is 1.21. The molecular weight excluding hydrogens is 612 g/mol. The van der Waals surface area contributed by atoms with Crippen molar-refractivity contribution in [3.05, 3.63) is 59.2 Å². The quantitative estimate of drug-likeness (QED) is 0.238. The largest absolute Gasteiger partial charge is 0.507 e. The van der Waals surface area contributed by atoms with Crippen LogP contribution in [-0.2, 0) is 16.1 Å². The third-order valence-electron chi connectivity index (χ3n) is 8.05. The third-order valence-corrected chi connectivity index (χ3v) is 8.05. The lowest BCUT2D eigenvalue weighted by Gasteiger charge is -2.35. The van der Waals surface area contributed by atoms with Crippen LogP contribution in [0.25, 0.3) is 0 Å². The van der Waals surface area contributed by atoms with Gasteiger partial charge in [-0.1, -0.05) is 12.1 Å². The van der Waals surface area contributed by atoms with Crippen molar-refractivity contribution in [1.29, 1.82) is 0 Å². The molecule has 0 radical (unpaired) electrons. The van der Waals surface area contributed by atoms with Crippen LogP contribution in [0.4, 0.5) is 0 Å². The maximum absolute atomic E-state index is 13.1. The molecule has 13 nitrogen and oxygen atoms in total. The Kier molecular flexibility index (Phi) is 10.2. The monoisotopic (exact) mass is 650 g/mol. The molecule has 2 aliphatic rings. The zero-order valence-corrected chi connectivity index (χ0v) is 27.0.